The first-order valence-electron chi connectivity index (χ1n) is 9.27. The Kier molecular flexibility index (Phi) is 6.01. The van der Waals surface area contributed by atoms with Crippen LogP contribution in [0.3, 0.4) is 0 Å². The molecule has 0 radical (unpaired) electrons. The van der Waals surface area contributed by atoms with Crippen LogP contribution in [-0.4, -0.2) is 26.0 Å². The number of aromatic amines is 1. The van der Waals surface area contributed by atoms with E-state index in [2.05, 4.69) is 27.3 Å². The minimum Gasteiger partial charge on any atom is -0.332 e. The molecule has 1 aromatic carbocycles. The molecule has 140 valence electrons. The van der Waals surface area contributed by atoms with Crippen LogP contribution < -0.4 is 0 Å². The summed E-state index contributed by atoms with van der Waals surface area (Å²) in [6.07, 6.45) is 2.94. The molecule has 2 heterocycles. The number of H-pyrrole nitrogens is 1. The third-order valence-corrected chi connectivity index (χ3v) is 4.90. The van der Waals surface area contributed by atoms with Crippen molar-refractivity contribution in [3.8, 4) is 0 Å². The molecule has 0 bridgehead atoms. The van der Waals surface area contributed by atoms with E-state index in [0.717, 1.165) is 33.8 Å². The Labute approximate surface area is 160 Å². The monoisotopic (exact) mass is 362 g/mol. The lowest BCUT2D eigenvalue weighted by Gasteiger charge is -2.23. The molecule has 1 N–H and O–H groups in total. The largest absolute Gasteiger partial charge is 0.332 e. The zero-order valence-corrected chi connectivity index (χ0v) is 16.2. The van der Waals surface area contributed by atoms with Crippen molar-refractivity contribution >= 4 is 5.91 Å². The van der Waals surface area contributed by atoms with Gasteiger partial charge in [0.25, 0.3) is 0 Å². The molecule has 1 amide bonds. The second-order valence-corrected chi connectivity index (χ2v) is 6.91. The molecule has 0 fully saturated rings. The van der Waals surface area contributed by atoms with E-state index in [1.807, 2.05) is 56.0 Å². The molecule has 0 saturated heterocycles. The number of aromatic nitrogens is 3. The van der Waals surface area contributed by atoms with Crippen LogP contribution in [-0.2, 0) is 24.3 Å². The lowest BCUT2D eigenvalue weighted by atomic mass is 10.1. The number of nitrogens with one attached hydrogen (secondary N) is 1. The maximum absolute atomic E-state index is 13.0. The van der Waals surface area contributed by atoms with Gasteiger partial charge in [-0.1, -0.05) is 36.4 Å². The van der Waals surface area contributed by atoms with Gasteiger partial charge in [-0.25, -0.2) is 0 Å². The van der Waals surface area contributed by atoms with E-state index in [0.29, 0.717) is 25.9 Å². The van der Waals surface area contributed by atoms with Crippen molar-refractivity contribution in [1.29, 1.82) is 0 Å². The zero-order chi connectivity index (χ0) is 19.2. The van der Waals surface area contributed by atoms with Crippen LogP contribution in [0, 0.1) is 20.8 Å². The van der Waals surface area contributed by atoms with Crippen molar-refractivity contribution in [2.24, 2.45) is 0 Å². The molecular weight excluding hydrogens is 336 g/mol. The van der Waals surface area contributed by atoms with Crippen LogP contribution in [0.5, 0.6) is 0 Å². The average Bonchev–Trinajstić information content (AvgIpc) is 2.99. The fraction of sp³-hybridized carbons (Fsp3) is 0.318. The van der Waals surface area contributed by atoms with Crippen molar-refractivity contribution in [3.05, 3.63) is 82.4 Å². The Morgan fingerprint density at radius 1 is 1.04 bits per heavy atom. The predicted molar refractivity (Wildman–Crippen MR) is 106 cm³/mol. The number of benzene rings is 1. The highest BCUT2D eigenvalue weighted by Gasteiger charge is 2.17. The summed E-state index contributed by atoms with van der Waals surface area (Å²) >= 11 is 0. The summed E-state index contributed by atoms with van der Waals surface area (Å²) in [6.45, 7) is 7.11. The zero-order valence-electron chi connectivity index (χ0n) is 16.2. The quantitative estimate of drug-likeness (QED) is 0.693. The number of carbonyl (C=O) groups is 1. The van der Waals surface area contributed by atoms with E-state index in [4.69, 9.17) is 0 Å². The van der Waals surface area contributed by atoms with Gasteiger partial charge in [0.2, 0.25) is 5.91 Å². The van der Waals surface area contributed by atoms with E-state index in [1.165, 1.54) is 0 Å². The summed E-state index contributed by atoms with van der Waals surface area (Å²) in [5.74, 6) is 0.129. The Morgan fingerprint density at radius 3 is 2.48 bits per heavy atom. The van der Waals surface area contributed by atoms with Crippen molar-refractivity contribution in [1.82, 2.24) is 20.1 Å². The highest BCUT2D eigenvalue weighted by Crippen LogP contribution is 2.16. The molecular formula is C22H26N4O. The summed E-state index contributed by atoms with van der Waals surface area (Å²) in [5, 5.41) is 7.22. The maximum Gasteiger partial charge on any atom is 0.223 e. The molecule has 0 atom stereocenters. The van der Waals surface area contributed by atoms with Gasteiger partial charge in [-0.3, -0.25) is 14.9 Å². The lowest BCUT2D eigenvalue weighted by molar-refractivity contribution is -0.132. The Bertz CT molecular complexity index is 882. The molecule has 0 aliphatic heterocycles. The van der Waals surface area contributed by atoms with Crippen LogP contribution >= 0.6 is 0 Å². The van der Waals surface area contributed by atoms with Crippen molar-refractivity contribution < 1.29 is 4.79 Å². The average molecular weight is 362 g/mol. The van der Waals surface area contributed by atoms with Gasteiger partial charge < -0.3 is 4.90 Å². The first-order chi connectivity index (χ1) is 13.0. The summed E-state index contributed by atoms with van der Waals surface area (Å²) in [4.78, 5) is 19.4. The number of carbonyl (C=O) groups excluding carboxylic acids is 1. The number of amides is 1. The smallest absolute Gasteiger partial charge is 0.223 e. The van der Waals surface area contributed by atoms with Crippen molar-refractivity contribution in [2.75, 3.05) is 0 Å². The van der Waals surface area contributed by atoms with Crippen molar-refractivity contribution in [2.45, 2.75) is 46.7 Å². The minimum absolute atomic E-state index is 0.129. The van der Waals surface area contributed by atoms with Gasteiger partial charge in [-0.2, -0.15) is 5.10 Å². The number of hydrogen-bond acceptors (Lipinski definition) is 3. The third kappa shape index (κ3) is 4.82. The van der Waals surface area contributed by atoms with E-state index in [9.17, 15) is 4.79 Å². The molecule has 0 unspecified atom stereocenters. The standard InChI is InChI=1S/C22H26N4O/c1-16-8-7-13-23-21(16)15-26(14-19-9-5-4-6-10-19)22(27)12-11-20-17(2)24-25-18(20)3/h4-10,13H,11-12,14-15H2,1-3H3,(H,24,25). The molecule has 0 saturated carbocycles. The Morgan fingerprint density at radius 2 is 1.81 bits per heavy atom. The number of rotatable bonds is 7. The van der Waals surface area contributed by atoms with E-state index >= 15 is 0 Å². The van der Waals surface area contributed by atoms with Crippen LogP contribution in [0.4, 0.5) is 0 Å². The Hall–Kier alpha value is -2.95. The highest BCUT2D eigenvalue weighted by atomic mass is 16.2. The molecule has 0 aliphatic carbocycles. The van der Waals surface area contributed by atoms with Gasteiger partial charge >= 0.3 is 0 Å². The summed E-state index contributed by atoms with van der Waals surface area (Å²) < 4.78 is 0. The van der Waals surface area contributed by atoms with Gasteiger partial charge in [0, 0.05) is 24.9 Å². The molecule has 0 aliphatic rings. The van der Waals surface area contributed by atoms with Crippen LogP contribution in [0.25, 0.3) is 0 Å². The van der Waals surface area contributed by atoms with Crippen LogP contribution in [0.1, 0.15) is 40.2 Å². The molecule has 0 spiro atoms. The van der Waals surface area contributed by atoms with Crippen molar-refractivity contribution in [3.63, 3.8) is 0 Å². The highest BCUT2D eigenvalue weighted by molar-refractivity contribution is 5.76. The Balaban J connectivity index is 1.75. The van der Waals surface area contributed by atoms with Crippen LogP contribution in [0.2, 0.25) is 0 Å². The second-order valence-electron chi connectivity index (χ2n) is 6.91. The first kappa shape index (κ1) is 18.8. The van der Waals surface area contributed by atoms with E-state index < -0.39 is 0 Å². The normalized spacial score (nSPS) is 10.8. The van der Waals surface area contributed by atoms with Gasteiger partial charge in [0.05, 0.1) is 17.9 Å². The minimum atomic E-state index is 0.129. The molecule has 3 rings (SSSR count). The number of pyridine rings is 1. The summed E-state index contributed by atoms with van der Waals surface area (Å²) in [7, 11) is 0. The SMILES string of the molecule is Cc1cccnc1CN(Cc1ccccc1)C(=O)CCc1c(C)n[nH]c1C. The van der Waals surface area contributed by atoms with Gasteiger partial charge in [-0.05, 0) is 49.9 Å². The van der Waals surface area contributed by atoms with Gasteiger partial charge in [0.1, 0.15) is 0 Å². The number of aryl methyl sites for hydroxylation is 3. The molecule has 27 heavy (non-hydrogen) atoms. The maximum atomic E-state index is 13.0. The number of nitrogens with zero attached hydrogens (tertiary/aromatic N) is 3. The first-order valence-corrected chi connectivity index (χ1v) is 9.27. The lowest BCUT2D eigenvalue weighted by Crippen LogP contribution is -2.31. The fourth-order valence-corrected chi connectivity index (χ4v) is 3.23. The second kappa shape index (κ2) is 8.62. The predicted octanol–water partition coefficient (Wildman–Crippen LogP) is 3.89. The molecule has 2 aromatic heterocycles. The molecule has 5 heteroatoms. The van der Waals surface area contributed by atoms with Crippen LogP contribution in [0.15, 0.2) is 48.7 Å². The summed E-state index contributed by atoms with van der Waals surface area (Å²) in [6, 6.07) is 14.1. The topological polar surface area (TPSA) is 61.9 Å². The fourth-order valence-electron chi connectivity index (χ4n) is 3.23. The van der Waals surface area contributed by atoms with Gasteiger partial charge in [-0.15, -0.1) is 0 Å². The third-order valence-electron chi connectivity index (χ3n) is 4.90. The number of hydrogen-bond donors (Lipinski definition) is 1. The van der Waals surface area contributed by atoms with E-state index in [1.54, 1.807) is 6.20 Å². The molecule has 3 aromatic rings. The summed E-state index contributed by atoms with van der Waals surface area (Å²) in [5.41, 5.74) is 6.31. The van der Waals surface area contributed by atoms with E-state index in [-0.39, 0.29) is 5.91 Å². The molecule has 5 nitrogen and oxygen atoms in total. The van der Waals surface area contributed by atoms with Gasteiger partial charge in [0.15, 0.2) is 0 Å².